The molecule has 1 saturated heterocycles. The van der Waals surface area contributed by atoms with Crippen LogP contribution in [0.5, 0.6) is 0 Å². The highest BCUT2D eigenvalue weighted by atomic mass is 32.2. The van der Waals surface area contributed by atoms with Crippen LogP contribution in [0.4, 0.5) is 0 Å². The molecule has 1 amide bonds. The topological polar surface area (TPSA) is 89.3 Å². The molecule has 3 N–H and O–H groups in total. The van der Waals surface area contributed by atoms with Crippen LogP contribution < -0.4 is 11.1 Å². The van der Waals surface area contributed by atoms with Gasteiger partial charge in [-0.25, -0.2) is 8.42 Å². The molecule has 7 heteroatoms. The number of nitrogens with one attached hydrogen (secondary N) is 1. The molecule has 1 atom stereocenters. The Bertz CT molecular complexity index is 456. The molecule has 5 nitrogen and oxygen atoms in total. The fourth-order valence-corrected chi connectivity index (χ4v) is 4.64. The fraction of sp³-hybridized carbons (Fsp3) is 0.833. The lowest BCUT2D eigenvalue weighted by Gasteiger charge is -2.29. The van der Waals surface area contributed by atoms with Crippen LogP contribution in [0.1, 0.15) is 39.5 Å². The van der Waals surface area contributed by atoms with Crippen molar-refractivity contribution in [1.82, 2.24) is 5.32 Å². The van der Waals surface area contributed by atoms with Crippen LogP contribution >= 0.6 is 12.2 Å². The Morgan fingerprint density at radius 1 is 1.42 bits per heavy atom. The Morgan fingerprint density at radius 2 is 2.00 bits per heavy atom. The molecule has 0 saturated carbocycles. The quantitative estimate of drug-likeness (QED) is 0.708. The van der Waals surface area contributed by atoms with Crippen molar-refractivity contribution in [3.05, 3.63) is 0 Å². The Morgan fingerprint density at radius 3 is 2.37 bits per heavy atom. The van der Waals surface area contributed by atoms with Crippen molar-refractivity contribution in [1.29, 1.82) is 0 Å². The summed E-state index contributed by atoms with van der Waals surface area (Å²) in [5.41, 5.74) is 4.82. The number of rotatable bonds is 6. The van der Waals surface area contributed by atoms with Gasteiger partial charge in [0, 0.05) is 6.54 Å². The number of nitrogens with two attached hydrogens (primary N) is 1. The van der Waals surface area contributed by atoms with Crippen LogP contribution in [0.3, 0.4) is 0 Å². The zero-order chi connectivity index (χ0) is 14.7. The first kappa shape index (κ1) is 16.4. The largest absolute Gasteiger partial charge is 0.392 e. The molecule has 0 radical (unpaired) electrons. The molecule has 1 unspecified atom stereocenters. The number of hydrogen-bond acceptors (Lipinski definition) is 4. The number of carbonyl (C=O) groups excluding carboxylic acids is 1. The molecule has 0 aromatic rings. The first-order valence-corrected chi connectivity index (χ1v) is 8.72. The predicted molar refractivity (Wildman–Crippen MR) is 79.6 cm³/mol. The highest BCUT2D eigenvalue weighted by Gasteiger charge is 2.39. The van der Waals surface area contributed by atoms with Crippen molar-refractivity contribution in [3.8, 4) is 0 Å². The second-order valence-electron chi connectivity index (χ2n) is 4.99. The zero-order valence-electron chi connectivity index (χ0n) is 11.4. The molecule has 1 fully saturated rings. The normalized spacial score (nSPS) is 22.1. The maximum atomic E-state index is 12.3. The van der Waals surface area contributed by atoms with Crippen LogP contribution in [0.2, 0.25) is 0 Å². The van der Waals surface area contributed by atoms with Gasteiger partial charge in [0.05, 0.1) is 21.4 Å². The van der Waals surface area contributed by atoms with Crippen molar-refractivity contribution >= 4 is 33.0 Å². The Kier molecular flexibility index (Phi) is 5.32. The summed E-state index contributed by atoms with van der Waals surface area (Å²) in [5.74, 6) is -0.0395. The molecule has 0 aliphatic carbocycles. The highest BCUT2D eigenvalue weighted by Crippen LogP contribution is 2.27. The average molecular weight is 306 g/mol. The minimum Gasteiger partial charge on any atom is -0.392 e. The minimum atomic E-state index is -3.04. The van der Waals surface area contributed by atoms with Crippen LogP contribution in [0, 0.1) is 5.41 Å². The van der Waals surface area contributed by atoms with Gasteiger partial charge >= 0.3 is 0 Å². The molecule has 1 rings (SSSR count). The summed E-state index contributed by atoms with van der Waals surface area (Å²) in [6.07, 6.45) is 2.32. The molecular formula is C12H22N2O3S2. The van der Waals surface area contributed by atoms with E-state index in [0.29, 0.717) is 25.7 Å². The lowest BCUT2D eigenvalue weighted by molar-refractivity contribution is -0.127. The maximum absolute atomic E-state index is 12.3. The number of thiocarbonyl (C=S) groups is 1. The second kappa shape index (κ2) is 6.17. The minimum absolute atomic E-state index is 0.158. The SMILES string of the molecule is CCC(CC)(C(=O)NCC1CCCS1(=O)=O)C(N)=S. The van der Waals surface area contributed by atoms with E-state index < -0.39 is 20.5 Å². The van der Waals surface area contributed by atoms with Gasteiger partial charge in [0.25, 0.3) is 0 Å². The van der Waals surface area contributed by atoms with Gasteiger partial charge in [-0.3, -0.25) is 4.79 Å². The molecule has 110 valence electrons. The molecule has 1 aliphatic rings. The summed E-state index contributed by atoms with van der Waals surface area (Å²) in [6, 6.07) is 0. The molecule has 19 heavy (non-hydrogen) atoms. The van der Waals surface area contributed by atoms with Gasteiger partial charge in [0.15, 0.2) is 9.84 Å². The van der Waals surface area contributed by atoms with Crippen LogP contribution in [0.15, 0.2) is 0 Å². The van der Waals surface area contributed by atoms with E-state index in [2.05, 4.69) is 5.32 Å². The molecule has 1 heterocycles. The van der Waals surface area contributed by atoms with Gasteiger partial charge in [0.2, 0.25) is 5.91 Å². The summed E-state index contributed by atoms with van der Waals surface area (Å²) < 4.78 is 23.4. The third kappa shape index (κ3) is 3.25. The van der Waals surface area contributed by atoms with E-state index in [1.54, 1.807) is 0 Å². The summed E-state index contributed by atoms with van der Waals surface area (Å²) in [6.45, 7) is 3.87. The lowest BCUT2D eigenvalue weighted by atomic mass is 9.81. The third-order valence-corrected chi connectivity index (χ3v) is 6.73. The first-order chi connectivity index (χ1) is 8.80. The van der Waals surface area contributed by atoms with Gasteiger partial charge in [-0.2, -0.15) is 0 Å². The van der Waals surface area contributed by atoms with Crippen molar-refractivity contribution in [3.63, 3.8) is 0 Å². The van der Waals surface area contributed by atoms with Crippen LogP contribution in [-0.2, 0) is 14.6 Å². The molecule has 0 aromatic heterocycles. The van der Waals surface area contributed by atoms with Crippen molar-refractivity contribution < 1.29 is 13.2 Å². The monoisotopic (exact) mass is 306 g/mol. The van der Waals surface area contributed by atoms with E-state index in [9.17, 15) is 13.2 Å². The summed E-state index contributed by atoms with van der Waals surface area (Å²) in [4.78, 5) is 12.4. The number of sulfone groups is 1. The second-order valence-corrected chi connectivity index (χ2v) is 7.84. The molecule has 0 aromatic carbocycles. The van der Waals surface area contributed by atoms with Crippen molar-refractivity contribution in [2.75, 3.05) is 12.3 Å². The van der Waals surface area contributed by atoms with E-state index in [-0.39, 0.29) is 23.2 Å². The van der Waals surface area contributed by atoms with Gasteiger partial charge in [0.1, 0.15) is 0 Å². The number of amides is 1. The standard InChI is InChI=1S/C12H22N2O3S2/c1-3-12(4-2,10(13)18)11(15)14-8-9-6-5-7-19(9,16)17/h9H,3-8H2,1-2H3,(H2,13,18)(H,14,15). The van der Waals surface area contributed by atoms with Gasteiger partial charge in [-0.05, 0) is 25.7 Å². The van der Waals surface area contributed by atoms with Crippen LogP contribution in [-0.4, -0.2) is 36.9 Å². The van der Waals surface area contributed by atoms with Gasteiger partial charge in [-0.15, -0.1) is 0 Å². The molecule has 0 spiro atoms. The molecular weight excluding hydrogens is 284 g/mol. The summed E-state index contributed by atoms with van der Waals surface area (Å²) in [7, 11) is -3.04. The van der Waals surface area contributed by atoms with Crippen molar-refractivity contribution in [2.24, 2.45) is 11.1 Å². The van der Waals surface area contributed by atoms with E-state index in [4.69, 9.17) is 18.0 Å². The Balaban J connectivity index is 2.71. The summed E-state index contributed by atoms with van der Waals surface area (Å²) >= 11 is 5.00. The fourth-order valence-electron chi connectivity index (χ4n) is 2.49. The third-order valence-electron chi connectivity index (χ3n) is 4.07. The van der Waals surface area contributed by atoms with E-state index in [1.807, 2.05) is 13.8 Å². The molecule has 0 bridgehead atoms. The Hall–Kier alpha value is -0.690. The average Bonchev–Trinajstić information content (AvgIpc) is 2.67. The highest BCUT2D eigenvalue weighted by molar-refractivity contribution is 7.92. The lowest BCUT2D eigenvalue weighted by Crippen LogP contribution is -2.50. The van der Waals surface area contributed by atoms with Gasteiger partial charge in [-0.1, -0.05) is 26.1 Å². The maximum Gasteiger partial charge on any atom is 0.233 e. The smallest absolute Gasteiger partial charge is 0.233 e. The van der Waals surface area contributed by atoms with E-state index >= 15 is 0 Å². The summed E-state index contributed by atoms with van der Waals surface area (Å²) in [5, 5.41) is 2.26. The van der Waals surface area contributed by atoms with Gasteiger partial charge < -0.3 is 11.1 Å². The van der Waals surface area contributed by atoms with E-state index in [0.717, 1.165) is 0 Å². The Labute approximate surface area is 120 Å². The van der Waals surface area contributed by atoms with Crippen LogP contribution in [0.25, 0.3) is 0 Å². The number of hydrogen-bond donors (Lipinski definition) is 2. The first-order valence-electron chi connectivity index (χ1n) is 6.60. The number of carbonyl (C=O) groups is 1. The van der Waals surface area contributed by atoms with E-state index in [1.165, 1.54) is 0 Å². The zero-order valence-corrected chi connectivity index (χ0v) is 13.1. The molecule has 1 aliphatic heterocycles. The predicted octanol–water partition coefficient (Wildman–Crippen LogP) is 0.772. The van der Waals surface area contributed by atoms with Crippen molar-refractivity contribution in [2.45, 2.75) is 44.8 Å².